The molecule has 0 saturated carbocycles. The largest absolute Gasteiger partial charge is 0.368 e. The van der Waals surface area contributed by atoms with Crippen molar-refractivity contribution in [1.29, 1.82) is 0 Å². The van der Waals surface area contributed by atoms with Crippen molar-refractivity contribution in [2.75, 3.05) is 31.1 Å². The molecule has 0 atom stereocenters. The van der Waals surface area contributed by atoms with Gasteiger partial charge in [0.05, 0.1) is 5.56 Å². The molecule has 120 valence electrons. The molecule has 4 heteroatoms. The Morgan fingerprint density at radius 1 is 1.00 bits per heavy atom. The molecule has 0 bridgehead atoms. The lowest BCUT2D eigenvalue weighted by Crippen LogP contribution is -2.49. The highest BCUT2D eigenvalue weighted by Gasteiger charge is 2.23. The standard InChI is InChI=1S/C19H21IN2O/c1-14-7-8-18(15(2)13-14)21-9-11-22(12-10-21)19(23)16-5-3-4-6-17(16)20/h3-8,13H,9-12H2,1-2H3. The van der Waals surface area contributed by atoms with Crippen LogP contribution in [-0.2, 0) is 0 Å². The molecule has 1 amide bonds. The smallest absolute Gasteiger partial charge is 0.255 e. The average Bonchev–Trinajstić information content (AvgIpc) is 2.55. The van der Waals surface area contributed by atoms with Crippen molar-refractivity contribution in [3.8, 4) is 0 Å². The van der Waals surface area contributed by atoms with Crippen LogP contribution in [0.2, 0.25) is 0 Å². The summed E-state index contributed by atoms with van der Waals surface area (Å²) in [5.41, 5.74) is 4.70. The summed E-state index contributed by atoms with van der Waals surface area (Å²) in [5.74, 6) is 0.148. The number of halogens is 1. The number of rotatable bonds is 2. The number of nitrogens with zero attached hydrogens (tertiary/aromatic N) is 2. The predicted molar refractivity (Wildman–Crippen MR) is 103 cm³/mol. The maximum Gasteiger partial charge on any atom is 0.255 e. The Bertz CT molecular complexity index is 721. The molecule has 2 aromatic carbocycles. The number of hydrogen-bond donors (Lipinski definition) is 0. The Kier molecular flexibility index (Phi) is 4.90. The summed E-state index contributed by atoms with van der Waals surface area (Å²) in [7, 11) is 0. The summed E-state index contributed by atoms with van der Waals surface area (Å²) in [6.45, 7) is 7.60. The van der Waals surface area contributed by atoms with Crippen LogP contribution in [0.1, 0.15) is 21.5 Å². The van der Waals surface area contributed by atoms with Gasteiger partial charge in [0, 0.05) is 35.4 Å². The molecule has 1 aliphatic heterocycles. The number of hydrogen-bond acceptors (Lipinski definition) is 2. The van der Waals surface area contributed by atoms with Gasteiger partial charge in [0.1, 0.15) is 0 Å². The van der Waals surface area contributed by atoms with Crippen molar-refractivity contribution in [3.63, 3.8) is 0 Å². The van der Waals surface area contributed by atoms with Gasteiger partial charge in [0.2, 0.25) is 0 Å². The highest BCUT2D eigenvalue weighted by molar-refractivity contribution is 14.1. The zero-order valence-electron chi connectivity index (χ0n) is 13.6. The first-order valence-electron chi connectivity index (χ1n) is 7.92. The van der Waals surface area contributed by atoms with Crippen LogP contribution in [0.25, 0.3) is 0 Å². The van der Waals surface area contributed by atoms with Gasteiger partial charge in [-0.3, -0.25) is 4.79 Å². The van der Waals surface area contributed by atoms with Crippen molar-refractivity contribution in [1.82, 2.24) is 4.90 Å². The number of anilines is 1. The Morgan fingerprint density at radius 3 is 2.35 bits per heavy atom. The molecule has 3 rings (SSSR count). The predicted octanol–water partition coefficient (Wildman–Crippen LogP) is 3.87. The lowest BCUT2D eigenvalue weighted by Gasteiger charge is -2.37. The molecule has 0 spiro atoms. The van der Waals surface area contributed by atoms with Gasteiger partial charge in [-0.25, -0.2) is 0 Å². The van der Waals surface area contributed by atoms with E-state index in [4.69, 9.17) is 0 Å². The van der Waals surface area contributed by atoms with Gasteiger partial charge in [0.15, 0.2) is 0 Å². The van der Waals surface area contributed by atoms with E-state index in [1.54, 1.807) is 0 Å². The van der Waals surface area contributed by atoms with Crippen LogP contribution >= 0.6 is 22.6 Å². The molecule has 1 fully saturated rings. The van der Waals surface area contributed by atoms with Crippen molar-refractivity contribution >= 4 is 34.2 Å². The van der Waals surface area contributed by atoms with Gasteiger partial charge in [-0.15, -0.1) is 0 Å². The van der Waals surface area contributed by atoms with E-state index >= 15 is 0 Å². The second-order valence-corrected chi connectivity index (χ2v) is 7.21. The monoisotopic (exact) mass is 420 g/mol. The van der Waals surface area contributed by atoms with Crippen LogP contribution in [0.15, 0.2) is 42.5 Å². The lowest BCUT2D eigenvalue weighted by molar-refractivity contribution is 0.0745. The van der Waals surface area contributed by atoms with E-state index in [0.29, 0.717) is 0 Å². The Morgan fingerprint density at radius 2 is 1.70 bits per heavy atom. The molecule has 23 heavy (non-hydrogen) atoms. The van der Waals surface area contributed by atoms with E-state index < -0.39 is 0 Å². The molecule has 0 N–H and O–H groups in total. The number of benzene rings is 2. The zero-order valence-corrected chi connectivity index (χ0v) is 15.7. The van der Waals surface area contributed by atoms with E-state index in [2.05, 4.69) is 59.5 Å². The quantitative estimate of drug-likeness (QED) is 0.689. The fourth-order valence-corrected chi connectivity index (χ4v) is 3.73. The highest BCUT2D eigenvalue weighted by atomic mass is 127. The third kappa shape index (κ3) is 3.52. The first-order chi connectivity index (χ1) is 11.1. The van der Waals surface area contributed by atoms with Crippen LogP contribution in [-0.4, -0.2) is 37.0 Å². The van der Waals surface area contributed by atoms with Gasteiger partial charge >= 0.3 is 0 Å². The zero-order chi connectivity index (χ0) is 16.4. The summed E-state index contributed by atoms with van der Waals surface area (Å²) in [4.78, 5) is 17.0. The molecule has 0 unspecified atom stereocenters. The summed E-state index contributed by atoms with van der Waals surface area (Å²) >= 11 is 2.23. The second kappa shape index (κ2) is 6.91. The lowest BCUT2D eigenvalue weighted by atomic mass is 10.1. The molecule has 2 aromatic rings. The molecule has 0 aromatic heterocycles. The second-order valence-electron chi connectivity index (χ2n) is 6.05. The molecule has 0 radical (unpaired) electrons. The number of aryl methyl sites for hydroxylation is 2. The van der Waals surface area contributed by atoms with Crippen LogP contribution in [0.3, 0.4) is 0 Å². The van der Waals surface area contributed by atoms with Crippen LogP contribution < -0.4 is 4.90 Å². The Labute approximate surface area is 151 Å². The number of amides is 1. The molecule has 1 aliphatic rings. The fourth-order valence-electron chi connectivity index (χ4n) is 3.12. The van der Waals surface area contributed by atoms with E-state index in [-0.39, 0.29) is 5.91 Å². The van der Waals surface area contributed by atoms with Gasteiger partial charge in [-0.2, -0.15) is 0 Å². The Balaban J connectivity index is 1.69. The number of carbonyl (C=O) groups is 1. The summed E-state index contributed by atoms with van der Waals surface area (Å²) < 4.78 is 1.02. The van der Waals surface area contributed by atoms with Gasteiger partial charge in [0.25, 0.3) is 5.91 Å². The number of carbonyl (C=O) groups excluding carboxylic acids is 1. The topological polar surface area (TPSA) is 23.6 Å². The normalized spacial score (nSPS) is 14.9. The maximum absolute atomic E-state index is 12.7. The average molecular weight is 420 g/mol. The van der Waals surface area contributed by atoms with E-state index in [1.807, 2.05) is 29.2 Å². The van der Waals surface area contributed by atoms with Crippen LogP contribution in [0.4, 0.5) is 5.69 Å². The van der Waals surface area contributed by atoms with Gasteiger partial charge in [-0.05, 0) is 60.2 Å². The molecule has 1 saturated heterocycles. The SMILES string of the molecule is Cc1ccc(N2CCN(C(=O)c3ccccc3I)CC2)c(C)c1. The van der Waals surface area contributed by atoms with Crippen LogP contribution in [0.5, 0.6) is 0 Å². The van der Waals surface area contributed by atoms with Crippen molar-refractivity contribution in [2.45, 2.75) is 13.8 Å². The van der Waals surface area contributed by atoms with Gasteiger partial charge < -0.3 is 9.80 Å². The summed E-state index contributed by atoms with van der Waals surface area (Å²) in [6, 6.07) is 14.4. The molecule has 0 aliphatic carbocycles. The molecular formula is C19H21IN2O. The molecule has 1 heterocycles. The minimum absolute atomic E-state index is 0.148. The van der Waals surface area contributed by atoms with Crippen molar-refractivity contribution in [2.24, 2.45) is 0 Å². The minimum Gasteiger partial charge on any atom is -0.368 e. The van der Waals surface area contributed by atoms with E-state index in [0.717, 1.165) is 35.3 Å². The summed E-state index contributed by atoms with van der Waals surface area (Å²) in [5, 5.41) is 0. The fraction of sp³-hybridized carbons (Fsp3) is 0.316. The van der Waals surface area contributed by atoms with Crippen LogP contribution in [0, 0.1) is 17.4 Å². The third-order valence-electron chi connectivity index (χ3n) is 4.36. The molecular weight excluding hydrogens is 399 g/mol. The minimum atomic E-state index is 0.148. The van der Waals surface area contributed by atoms with E-state index in [1.165, 1.54) is 16.8 Å². The summed E-state index contributed by atoms with van der Waals surface area (Å²) in [6.07, 6.45) is 0. The van der Waals surface area contributed by atoms with Gasteiger partial charge in [-0.1, -0.05) is 29.8 Å². The maximum atomic E-state index is 12.7. The third-order valence-corrected chi connectivity index (χ3v) is 5.30. The van der Waals surface area contributed by atoms with Crippen molar-refractivity contribution in [3.05, 3.63) is 62.7 Å². The number of piperazine rings is 1. The first-order valence-corrected chi connectivity index (χ1v) is 9.00. The van der Waals surface area contributed by atoms with Crippen molar-refractivity contribution < 1.29 is 4.79 Å². The Hall–Kier alpha value is -1.56. The van der Waals surface area contributed by atoms with E-state index in [9.17, 15) is 4.79 Å². The first kappa shape index (κ1) is 16.3. The highest BCUT2D eigenvalue weighted by Crippen LogP contribution is 2.23. The molecule has 3 nitrogen and oxygen atoms in total.